The maximum Gasteiger partial charge on any atom is 0.151 e. The first-order valence-electron chi connectivity index (χ1n) is 7.76. The van der Waals surface area contributed by atoms with Crippen LogP contribution in [0.15, 0.2) is 42.5 Å². The third-order valence-electron chi connectivity index (χ3n) is 3.02. The third-order valence-corrected chi connectivity index (χ3v) is 3.02. The molecule has 0 heterocycles. The van der Waals surface area contributed by atoms with Crippen molar-refractivity contribution in [1.82, 2.24) is 4.90 Å². The highest BCUT2D eigenvalue weighted by atomic mass is 16.1. The van der Waals surface area contributed by atoms with E-state index in [1.807, 2.05) is 71.0 Å². The summed E-state index contributed by atoms with van der Waals surface area (Å²) in [5.41, 5.74) is 1.08. The summed E-state index contributed by atoms with van der Waals surface area (Å²) in [7, 11) is 3.88. The van der Waals surface area contributed by atoms with Gasteiger partial charge in [0.25, 0.3) is 0 Å². The lowest BCUT2D eigenvalue weighted by molar-refractivity contribution is -0.121. The molecule has 1 unspecified atom stereocenters. The van der Waals surface area contributed by atoms with Gasteiger partial charge in [0.1, 0.15) is 0 Å². The van der Waals surface area contributed by atoms with Gasteiger partial charge in [0.15, 0.2) is 5.78 Å². The van der Waals surface area contributed by atoms with Crippen LogP contribution >= 0.6 is 0 Å². The Morgan fingerprint density at radius 1 is 0.905 bits per heavy atom. The van der Waals surface area contributed by atoms with Gasteiger partial charge in [-0.3, -0.25) is 9.69 Å². The molecule has 21 heavy (non-hydrogen) atoms. The van der Waals surface area contributed by atoms with Crippen molar-refractivity contribution < 1.29 is 4.79 Å². The van der Waals surface area contributed by atoms with Crippen LogP contribution in [0.3, 0.4) is 0 Å². The molecule has 0 aliphatic rings. The topological polar surface area (TPSA) is 20.3 Å². The number of rotatable bonds is 3. The molecule has 0 bridgehead atoms. The summed E-state index contributed by atoms with van der Waals surface area (Å²) < 4.78 is 0. The minimum atomic E-state index is -0.166. The Kier molecular flexibility index (Phi) is 9.31. The van der Waals surface area contributed by atoms with Crippen LogP contribution in [0.1, 0.15) is 46.2 Å². The first kappa shape index (κ1) is 19.3. The number of ketones is 1. The second kappa shape index (κ2) is 10.1. The number of benzene rings is 2. The SMILES string of the molecule is CC.CC.CC(=O)C(c1cccc2ccccc12)N(C)C. The van der Waals surface area contributed by atoms with Crippen molar-refractivity contribution in [3.8, 4) is 0 Å². The highest BCUT2D eigenvalue weighted by molar-refractivity contribution is 5.92. The Balaban J connectivity index is 0.000000921. The van der Waals surface area contributed by atoms with Gasteiger partial charge in [-0.25, -0.2) is 0 Å². The molecular weight excluding hydrogens is 258 g/mol. The van der Waals surface area contributed by atoms with Crippen molar-refractivity contribution >= 4 is 16.6 Å². The summed E-state index contributed by atoms with van der Waals surface area (Å²) in [4.78, 5) is 13.8. The van der Waals surface area contributed by atoms with Crippen molar-refractivity contribution in [2.75, 3.05) is 14.1 Å². The second-order valence-electron chi connectivity index (χ2n) is 4.55. The number of hydrogen-bond donors (Lipinski definition) is 0. The van der Waals surface area contributed by atoms with Crippen LogP contribution in [0.2, 0.25) is 0 Å². The fourth-order valence-corrected chi connectivity index (χ4v) is 2.35. The van der Waals surface area contributed by atoms with E-state index in [1.54, 1.807) is 6.92 Å². The number of carbonyl (C=O) groups is 1. The highest BCUT2D eigenvalue weighted by Crippen LogP contribution is 2.27. The van der Waals surface area contributed by atoms with Crippen LogP contribution < -0.4 is 0 Å². The summed E-state index contributed by atoms with van der Waals surface area (Å²) in [5, 5.41) is 2.34. The summed E-state index contributed by atoms with van der Waals surface area (Å²) in [6.45, 7) is 9.65. The number of hydrogen-bond acceptors (Lipinski definition) is 2. The van der Waals surface area contributed by atoms with E-state index < -0.39 is 0 Å². The number of likely N-dealkylation sites (N-methyl/N-ethyl adjacent to an activating group) is 1. The molecule has 2 aromatic carbocycles. The van der Waals surface area contributed by atoms with Crippen LogP contribution in [0.4, 0.5) is 0 Å². The maximum atomic E-state index is 11.8. The van der Waals surface area contributed by atoms with Crippen molar-refractivity contribution in [3.05, 3.63) is 48.0 Å². The molecule has 0 fully saturated rings. The second-order valence-corrected chi connectivity index (χ2v) is 4.55. The molecule has 0 spiro atoms. The van der Waals surface area contributed by atoms with Gasteiger partial charge < -0.3 is 0 Å². The van der Waals surface area contributed by atoms with Gasteiger partial charge in [0.2, 0.25) is 0 Å². The molecular formula is C19H29NO. The van der Waals surface area contributed by atoms with Gasteiger partial charge >= 0.3 is 0 Å². The van der Waals surface area contributed by atoms with Crippen LogP contribution in [0.25, 0.3) is 10.8 Å². The molecule has 116 valence electrons. The smallest absolute Gasteiger partial charge is 0.151 e. The predicted octanol–water partition coefficient (Wildman–Crippen LogP) is 5.08. The highest BCUT2D eigenvalue weighted by Gasteiger charge is 2.20. The van der Waals surface area contributed by atoms with E-state index in [0.717, 1.165) is 10.9 Å². The van der Waals surface area contributed by atoms with Crippen molar-refractivity contribution in [1.29, 1.82) is 0 Å². The largest absolute Gasteiger partial charge is 0.298 e. The number of Topliss-reactive ketones (excluding diaryl/α,β-unsaturated/α-hetero) is 1. The third kappa shape index (κ3) is 4.98. The molecule has 2 nitrogen and oxygen atoms in total. The van der Waals surface area contributed by atoms with E-state index in [0.29, 0.717) is 0 Å². The number of fused-ring (bicyclic) bond motifs is 1. The maximum absolute atomic E-state index is 11.8. The zero-order valence-corrected chi connectivity index (χ0v) is 14.5. The van der Waals surface area contributed by atoms with E-state index in [-0.39, 0.29) is 11.8 Å². The Morgan fingerprint density at radius 3 is 1.95 bits per heavy atom. The summed E-state index contributed by atoms with van der Waals surface area (Å²) in [6.07, 6.45) is 0. The Morgan fingerprint density at radius 2 is 1.43 bits per heavy atom. The minimum Gasteiger partial charge on any atom is -0.298 e. The van der Waals surface area contributed by atoms with E-state index >= 15 is 0 Å². The van der Waals surface area contributed by atoms with Crippen LogP contribution in [-0.4, -0.2) is 24.8 Å². The monoisotopic (exact) mass is 287 g/mol. The molecule has 0 saturated carbocycles. The summed E-state index contributed by atoms with van der Waals surface area (Å²) in [6, 6.07) is 14.1. The van der Waals surface area contributed by atoms with Crippen LogP contribution in [0, 0.1) is 0 Å². The lowest BCUT2D eigenvalue weighted by atomic mass is 9.96. The fourth-order valence-electron chi connectivity index (χ4n) is 2.35. The Labute approximate surface area is 129 Å². The van der Waals surface area contributed by atoms with Crippen LogP contribution in [-0.2, 0) is 4.79 Å². The minimum absolute atomic E-state index is 0.166. The standard InChI is InChI=1S/C15H17NO.2C2H6/c1-11(17)15(16(2)3)14-10-6-8-12-7-4-5-9-13(12)14;2*1-2/h4-10,15H,1-3H3;2*1-2H3. The molecule has 1 atom stereocenters. The van der Waals surface area contributed by atoms with E-state index in [4.69, 9.17) is 0 Å². The lowest BCUT2D eigenvalue weighted by Crippen LogP contribution is -2.26. The average Bonchev–Trinajstić information content (AvgIpc) is 2.51. The van der Waals surface area contributed by atoms with Gasteiger partial charge in [-0.15, -0.1) is 0 Å². The molecule has 0 amide bonds. The predicted molar refractivity (Wildman–Crippen MR) is 93.8 cm³/mol. The number of nitrogens with zero attached hydrogens (tertiary/aromatic N) is 1. The molecule has 2 heteroatoms. The molecule has 0 radical (unpaired) electrons. The van der Waals surface area contributed by atoms with Crippen LogP contribution in [0.5, 0.6) is 0 Å². The molecule has 0 aromatic heterocycles. The summed E-state index contributed by atoms with van der Waals surface area (Å²) >= 11 is 0. The van der Waals surface area contributed by atoms with Crippen molar-refractivity contribution in [2.45, 2.75) is 40.7 Å². The summed E-state index contributed by atoms with van der Waals surface area (Å²) in [5.74, 6) is 0.173. The average molecular weight is 287 g/mol. The first-order valence-corrected chi connectivity index (χ1v) is 7.76. The van der Waals surface area contributed by atoms with Gasteiger partial charge in [-0.2, -0.15) is 0 Å². The van der Waals surface area contributed by atoms with Gasteiger partial charge in [0.05, 0.1) is 6.04 Å². The first-order chi connectivity index (χ1) is 10.1. The van der Waals surface area contributed by atoms with Crippen molar-refractivity contribution in [3.63, 3.8) is 0 Å². The Bertz CT molecular complexity index is 541. The Hall–Kier alpha value is -1.67. The molecule has 0 aliphatic heterocycles. The van der Waals surface area contributed by atoms with E-state index in [2.05, 4.69) is 18.2 Å². The fraction of sp³-hybridized carbons (Fsp3) is 0.421. The van der Waals surface area contributed by atoms with E-state index in [1.165, 1.54) is 5.39 Å². The molecule has 2 rings (SSSR count). The van der Waals surface area contributed by atoms with Crippen molar-refractivity contribution in [2.24, 2.45) is 0 Å². The van der Waals surface area contributed by atoms with Gasteiger partial charge in [-0.05, 0) is 37.4 Å². The quantitative estimate of drug-likeness (QED) is 0.784. The zero-order valence-electron chi connectivity index (χ0n) is 14.5. The van der Waals surface area contributed by atoms with Gasteiger partial charge in [0, 0.05) is 0 Å². The molecule has 2 aromatic rings. The number of carbonyl (C=O) groups excluding carboxylic acids is 1. The lowest BCUT2D eigenvalue weighted by Gasteiger charge is -2.23. The zero-order chi connectivity index (χ0) is 16.4. The molecule has 0 aliphatic carbocycles. The van der Waals surface area contributed by atoms with Gasteiger partial charge in [-0.1, -0.05) is 70.2 Å². The normalized spacial score (nSPS) is 11.0. The molecule has 0 saturated heterocycles. The van der Waals surface area contributed by atoms with E-state index in [9.17, 15) is 4.79 Å². The molecule has 0 N–H and O–H groups in total.